The summed E-state index contributed by atoms with van der Waals surface area (Å²) in [5.41, 5.74) is 2.27. The van der Waals surface area contributed by atoms with Crippen LogP contribution in [-0.4, -0.2) is 75.8 Å². The van der Waals surface area contributed by atoms with Crippen LogP contribution in [0.3, 0.4) is 0 Å². The van der Waals surface area contributed by atoms with Gasteiger partial charge in [-0.1, -0.05) is 19.4 Å². The van der Waals surface area contributed by atoms with E-state index < -0.39 is 0 Å². The molecule has 1 atom stereocenters. The molecule has 0 aliphatic carbocycles. The highest BCUT2D eigenvalue weighted by atomic mass is 16.5. The van der Waals surface area contributed by atoms with E-state index in [1.165, 1.54) is 17.7 Å². The van der Waals surface area contributed by atoms with Crippen LogP contribution in [0.4, 0.5) is 5.69 Å². The molecule has 6 nitrogen and oxygen atoms in total. The van der Waals surface area contributed by atoms with Crippen LogP contribution in [0.2, 0.25) is 0 Å². The third-order valence-corrected chi connectivity index (χ3v) is 7.80. The highest BCUT2D eigenvalue weighted by molar-refractivity contribution is 5.82. The number of piperidine rings is 1. The van der Waals surface area contributed by atoms with E-state index in [9.17, 15) is 4.79 Å². The number of amides is 1. The lowest BCUT2D eigenvalue weighted by Crippen LogP contribution is -2.47. The normalized spacial score (nSPS) is 26.7. The Morgan fingerprint density at radius 2 is 1.84 bits per heavy atom. The molecule has 3 saturated heterocycles. The first-order valence-electron chi connectivity index (χ1n) is 12.0. The molecule has 0 saturated carbocycles. The molecule has 172 valence electrons. The van der Waals surface area contributed by atoms with Crippen LogP contribution in [0.1, 0.15) is 44.6 Å². The summed E-state index contributed by atoms with van der Waals surface area (Å²) >= 11 is 0. The van der Waals surface area contributed by atoms with Crippen LogP contribution in [0, 0.1) is 11.3 Å². The average molecular weight is 430 g/mol. The van der Waals surface area contributed by atoms with Crippen LogP contribution in [0.25, 0.3) is 0 Å². The molecule has 6 heteroatoms. The zero-order valence-electron chi connectivity index (χ0n) is 19.6. The number of hydrogen-bond acceptors (Lipinski definition) is 5. The lowest BCUT2D eigenvalue weighted by molar-refractivity contribution is -0.143. The summed E-state index contributed by atoms with van der Waals surface area (Å²) in [4.78, 5) is 19.9. The zero-order valence-corrected chi connectivity index (χ0v) is 19.6. The lowest BCUT2D eigenvalue weighted by atomic mass is 9.69. The summed E-state index contributed by atoms with van der Waals surface area (Å²) in [5.74, 6) is 1.82. The summed E-state index contributed by atoms with van der Waals surface area (Å²) in [5, 5.41) is 0. The van der Waals surface area contributed by atoms with Crippen molar-refractivity contribution in [2.24, 2.45) is 11.3 Å². The highest BCUT2D eigenvalue weighted by Crippen LogP contribution is 2.42. The molecule has 0 aromatic heterocycles. The number of anilines is 1. The number of carbonyl (C=O) groups is 1. The van der Waals surface area contributed by atoms with E-state index in [4.69, 9.17) is 9.47 Å². The Morgan fingerprint density at radius 1 is 1.10 bits per heavy atom. The van der Waals surface area contributed by atoms with Crippen molar-refractivity contribution >= 4 is 11.6 Å². The van der Waals surface area contributed by atoms with Crippen LogP contribution in [-0.2, 0) is 16.1 Å². The van der Waals surface area contributed by atoms with Crippen molar-refractivity contribution in [1.82, 2.24) is 9.80 Å². The first-order valence-corrected chi connectivity index (χ1v) is 12.0. The molecule has 0 radical (unpaired) electrons. The first-order chi connectivity index (χ1) is 15.0. The SMILES string of the molecule is COc1cc(N2CCOCC2)ccc1CN1CCC(C2(C)CCCCN(C)C2=O)CC1. The summed E-state index contributed by atoms with van der Waals surface area (Å²) in [7, 11) is 3.75. The Labute approximate surface area is 187 Å². The Kier molecular flexibility index (Phi) is 7.07. The standard InChI is InChI=1S/C25H39N3O3/c1-25(10-4-5-11-26(2)24(25)29)21-8-12-27(13-9-21)19-20-6-7-22(18-23(20)30-3)28-14-16-31-17-15-28/h6-7,18,21H,4-5,8-17,19H2,1-3H3. The smallest absolute Gasteiger partial charge is 0.228 e. The number of benzene rings is 1. The minimum Gasteiger partial charge on any atom is -0.496 e. The maximum absolute atomic E-state index is 13.1. The van der Waals surface area contributed by atoms with Gasteiger partial charge >= 0.3 is 0 Å². The maximum atomic E-state index is 13.1. The molecular weight excluding hydrogens is 390 g/mol. The zero-order chi connectivity index (χ0) is 21.8. The van der Waals surface area contributed by atoms with E-state index in [1.807, 2.05) is 11.9 Å². The number of nitrogens with zero attached hydrogens (tertiary/aromatic N) is 3. The van der Waals surface area contributed by atoms with Gasteiger partial charge < -0.3 is 19.3 Å². The number of methoxy groups -OCH3 is 1. The van der Waals surface area contributed by atoms with Crippen LogP contribution in [0.5, 0.6) is 5.75 Å². The Balaban J connectivity index is 1.38. The van der Waals surface area contributed by atoms with E-state index in [0.717, 1.165) is 83.9 Å². The molecule has 4 rings (SSSR count). The highest BCUT2D eigenvalue weighted by Gasteiger charge is 2.44. The summed E-state index contributed by atoms with van der Waals surface area (Å²) in [6.45, 7) is 9.58. The van der Waals surface area contributed by atoms with Crippen molar-refractivity contribution in [3.63, 3.8) is 0 Å². The molecule has 3 fully saturated rings. The van der Waals surface area contributed by atoms with Gasteiger partial charge in [0.1, 0.15) is 5.75 Å². The van der Waals surface area contributed by atoms with Gasteiger partial charge in [0.2, 0.25) is 5.91 Å². The van der Waals surface area contributed by atoms with Crippen LogP contribution >= 0.6 is 0 Å². The van der Waals surface area contributed by atoms with Gasteiger partial charge in [0.15, 0.2) is 0 Å². The molecule has 3 aliphatic rings. The topological polar surface area (TPSA) is 45.3 Å². The molecule has 0 bridgehead atoms. The maximum Gasteiger partial charge on any atom is 0.228 e. The Morgan fingerprint density at radius 3 is 2.55 bits per heavy atom. The van der Waals surface area contributed by atoms with Gasteiger partial charge in [-0.2, -0.15) is 0 Å². The minimum atomic E-state index is -0.186. The molecule has 3 heterocycles. The van der Waals surface area contributed by atoms with Gasteiger partial charge in [-0.3, -0.25) is 9.69 Å². The molecule has 1 aromatic carbocycles. The lowest BCUT2D eigenvalue weighted by Gasteiger charge is -2.42. The van der Waals surface area contributed by atoms with Crippen LogP contribution in [0.15, 0.2) is 18.2 Å². The number of carbonyl (C=O) groups excluding carboxylic acids is 1. The number of hydrogen-bond donors (Lipinski definition) is 0. The molecular formula is C25H39N3O3. The van der Waals surface area contributed by atoms with Gasteiger partial charge in [0.05, 0.1) is 20.3 Å². The van der Waals surface area contributed by atoms with Gasteiger partial charge in [0, 0.05) is 56.0 Å². The molecule has 0 spiro atoms. The minimum absolute atomic E-state index is 0.186. The number of likely N-dealkylation sites (tertiary alicyclic amines) is 2. The fourth-order valence-electron chi connectivity index (χ4n) is 5.72. The van der Waals surface area contributed by atoms with Crippen molar-refractivity contribution < 1.29 is 14.3 Å². The third kappa shape index (κ3) is 4.85. The van der Waals surface area contributed by atoms with Crippen molar-refractivity contribution in [2.45, 2.75) is 45.6 Å². The second-order valence-corrected chi connectivity index (χ2v) is 9.75. The first kappa shape index (κ1) is 22.4. The van der Waals surface area contributed by atoms with Crippen molar-refractivity contribution in [2.75, 3.05) is 65.0 Å². The average Bonchev–Trinajstić information content (AvgIpc) is 2.94. The molecule has 31 heavy (non-hydrogen) atoms. The van der Waals surface area contributed by atoms with Crippen LogP contribution < -0.4 is 9.64 Å². The van der Waals surface area contributed by atoms with Gasteiger partial charge in [-0.25, -0.2) is 0 Å². The fourth-order valence-corrected chi connectivity index (χ4v) is 5.72. The third-order valence-electron chi connectivity index (χ3n) is 7.80. The molecule has 3 aliphatic heterocycles. The second kappa shape index (κ2) is 9.78. The van der Waals surface area contributed by atoms with Crippen molar-refractivity contribution in [3.8, 4) is 5.75 Å². The van der Waals surface area contributed by atoms with Gasteiger partial charge in [-0.05, 0) is 50.8 Å². The molecule has 0 N–H and O–H groups in total. The quantitative estimate of drug-likeness (QED) is 0.718. The molecule has 1 aromatic rings. The van der Waals surface area contributed by atoms with E-state index >= 15 is 0 Å². The predicted molar refractivity (Wildman–Crippen MR) is 124 cm³/mol. The fraction of sp³-hybridized carbons (Fsp3) is 0.720. The summed E-state index contributed by atoms with van der Waals surface area (Å²) < 4.78 is 11.2. The van der Waals surface area contributed by atoms with Crippen molar-refractivity contribution in [1.29, 1.82) is 0 Å². The largest absolute Gasteiger partial charge is 0.496 e. The molecule has 1 unspecified atom stereocenters. The van der Waals surface area contributed by atoms with Gasteiger partial charge in [0.25, 0.3) is 0 Å². The number of rotatable bonds is 5. The number of ether oxygens (including phenoxy) is 2. The van der Waals surface area contributed by atoms with E-state index in [-0.39, 0.29) is 5.41 Å². The number of morpholine rings is 1. The van der Waals surface area contributed by atoms with Gasteiger partial charge in [-0.15, -0.1) is 0 Å². The van der Waals surface area contributed by atoms with E-state index in [0.29, 0.717) is 11.8 Å². The Hall–Kier alpha value is -1.79. The van der Waals surface area contributed by atoms with E-state index in [1.54, 1.807) is 7.11 Å². The Bertz CT molecular complexity index is 756. The predicted octanol–water partition coefficient (Wildman–Crippen LogP) is 3.39. The van der Waals surface area contributed by atoms with Crippen molar-refractivity contribution in [3.05, 3.63) is 23.8 Å². The summed E-state index contributed by atoms with van der Waals surface area (Å²) in [6, 6.07) is 6.62. The molecule has 1 amide bonds. The van der Waals surface area contributed by atoms with E-state index in [2.05, 4.69) is 34.9 Å². The summed E-state index contributed by atoms with van der Waals surface area (Å²) in [6.07, 6.45) is 5.54. The monoisotopic (exact) mass is 429 g/mol. The second-order valence-electron chi connectivity index (χ2n) is 9.75.